The van der Waals surface area contributed by atoms with Crippen molar-refractivity contribution in [1.82, 2.24) is 19.9 Å². The molecule has 1 aliphatic heterocycles. The number of hydrogen-bond donors (Lipinski definition) is 1. The molecule has 7 heteroatoms. The molecule has 1 fully saturated rings. The molecule has 3 rings (SSSR count). The van der Waals surface area contributed by atoms with Gasteiger partial charge < -0.3 is 10.6 Å². The number of aryl methyl sites for hydroxylation is 1. The Bertz CT molecular complexity index is 687. The van der Waals surface area contributed by atoms with E-state index in [2.05, 4.69) is 15.0 Å². The Labute approximate surface area is 139 Å². The molecule has 0 bridgehead atoms. The zero-order chi connectivity index (χ0) is 16.2. The third-order valence-electron chi connectivity index (χ3n) is 4.16. The van der Waals surface area contributed by atoms with Gasteiger partial charge in [0.15, 0.2) is 0 Å². The first-order valence-electron chi connectivity index (χ1n) is 7.86. The molecule has 0 unspecified atom stereocenters. The fourth-order valence-corrected chi connectivity index (χ4v) is 3.64. The van der Waals surface area contributed by atoms with E-state index < -0.39 is 0 Å². The molecule has 23 heavy (non-hydrogen) atoms. The highest BCUT2D eigenvalue weighted by atomic mass is 32.1. The molecule has 1 aliphatic rings. The monoisotopic (exact) mass is 331 g/mol. The summed E-state index contributed by atoms with van der Waals surface area (Å²) in [6.07, 6.45) is 6.55. The minimum absolute atomic E-state index is 0.159. The summed E-state index contributed by atoms with van der Waals surface area (Å²) < 4.78 is 0. The standard InChI is InChI=1S/C16H21N5OS/c1-11-20-13(10-23-11)8-15(22)21-6-2-3-12(9-21)7-14-16(17)19-5-4-18-14/h4-5,10,12H,2-3,6-9H2,1H3,(H2,17,19)/t12-/m1/s1. The SMILES string of the molecule is Cc1nc(CC(=O)N2CCC[C@H](Cc3nccnc3N)C2)cs1. The van der Waals surface area contributed by atoms with Crippen LogP contribution in [0, 0.1) is 12.8 Å². The van der Waals surface area contributed by atoms with Gasteiger partial charge in [-0.3, -0.25) is 9.78 Å². The summed E-state index contributed by atoms with van der Waals surface area (Å²) in [5, 5.41) is 2.97. The number of nitrogen functional groups attached to an aromatic ring is 1. The Balaban J connectivity index is 1.59. The number of piperidine rings is 1. The van der Waals surface area contributed by atoms with Gasteiger partial charge in [-0.05, 0) is 32.1 Å². The van der Waals surface area contributed by atoms with Crippen LogP contribution in [0.25, 0.3) is 0 Å². The van der Waals surface area contributed by atoms with E-state index in [4.69, 9.17) is 5.73 Å². The van der Waals surface area contributed by atoms with Gasteiger partial charge in [-0.25, -0.2) is 9.97 Å². The van der Waals surface area contributed by atoms with E-state index in [1.165, 1.54) is 0 Å². The van der Waals surface area contributed by atoms with Gasteiger partial charge in [0.25, 0.3) is 0 Å². The number of thiazole rings is 1. The second-order valence-electron chi connectivity index (χ2n) is 5.98. The predicted molar refractivity (Wildman–Crippen MR) is 90.0 cm³/mol. The average Bonchev–Trinajstić information content (AvgIpc) is 2.95. The summed E-state index contributed by atoms with van der Waals surface area (Å²) in [4.78, 5) is 27.2. The number of likely N-dealkylation sites (tertiary alicyclic amines) is 1. The normalized spacial score (nSPS) is 18.1. The molecule has 0 radical (unpaired) electrons. The molecule has 2 N–H and O–H groups in total. The molecule has 6 nitrogen and oxygen atoms in total. The van der Waals surface area contributed by atoms with Crippen LogP contribution in [0.4, 0.5) is 5.82 Å². The third-order valence-corrected chi connectivity index (χ3v) is 4.98. The van der Waals surface area contributed by atoms with Crippen molar-refractivity contribution in [2.45, 2.75) is 32.6 Å². The quantitative estimate of drug-likeness (QED) is 0.924. The number of amides is 1. The molecular weight excluding hydrogens is 310 g/mol. The van der Waals surface area contributed by atoms with Gasteiger partial charge >= 0.3 is 0 Å². The lowest BCUT2D eigenvalue weighted by atomic mass is 9.93. The Hall–Kier alpha value is -2.02. The molecular formula is C16H21N5OS. The highest BCUT2D eigenvalue weighted by Gasteiger charge is 2.25. The maximum Gasteiger partial charge on any atom is 0.228 e. The molecule has 2 aromatic heterocycles. The van der Waals surface area contributed by atoms with Gasteiger partial charge in [-0.1, -0.05) is 0 Å². The largest absolute Gasteiger partial charge is 0.382 e. The zero-order valence-corrected chi connectivity index (χ0v) is 14.1. The number of anilines is 1. The summed E-state index contributed by atoms with van der Waals surface area (Å²) in [5.41, 5.74) is 7.58. The number of nitrogens with zero attached hydrogens (tertiary/aromatic N) is 4. The number of carbonyl (C=O) groups excluding carboxylic acids is 1. The van der Waals surface area contributed by atoms with Gasteiger partial charge in [0.2, 0.25) is 5.91 Å². The lowest BCUT2D eigenvalue weighted by Crippen LogP contribution is -2.41. The molecule has 122 valence electrons. The Morgan fingerprint density at radius 3 is 3.00 bits per heavy atom. The maximum atomic E-state index is 12.5. The number of aromatic nitrogens is 3. The average molecular weight is 331 g/mol. The first-order valence-corrected chi connectivity index (χ1v) is 8.74. The lowest BCUT2D eigenvalue weighted by Gasteiger charge is -2.32. The molecule has 1 atom stereocenters. The van der Waals surface area contributed by atoms with Crippen LogP contribution in [0.3, 0.4) is 0 Å². The summed E-state index contributed by atoms with van der Waals surface area (Å²) in [7, 11) is 0. The second-order valence-corrected chi connectivity index (χ2v) is 7.04. The molecule has 3 heterocycles. The number of hydrogen-bond acceptors (Lipinski definition) is 6. The smallest absolute Gasteiger partial charge is 0.228 e. The molecule has 0 aromatic carbocycles. The van der Waals surface area contributed by atoms with Crippen LogP contribution >= 0.6 is 11.3 Å². The Kier molecular flexibility index (Phi) is 4.85. The summed E-state index contributed by atoms with van der Waals surface area (Å²) in [6, 6.07) is 0. The summed E-state index contributed by atoms with van der Waals surface area (Å²) >= 11 is 1.59. The van der Waals surface area contributed by atoms with Crippen molar-refractivity contribution in [3.05, 3.63) is 34.2 Å². The van der Waals surface area contributed by atoms with Crippen molar-refractivity contribution in [3.8, 4) is 0 Å². The molecule has 1 amide bonds. The first-order chi connectivity index (χ1) is 11.1. The van der Waals surface area contributed by atoms with Crippen LogP contribution in [0.1, 0.15) is 29.2 Å². The number of carbonyl (C=O) groups is 1. The highest BCUT2D eigenvalue weighted by molar-refractivity contribution is 7.09. The minimum Gasteiger partial charge on any atom is -0.382 e. The maximum absolute atomic E-state index is 12.5. The summed E-state index contributed by atoms with van der Waals surface area (Å²) in [5.74, 6) is 1.05. The topological polar surface area (TPSA) is 85.0 Å². The Morgan fingerprint density at radius 2 is 2.26 bits per heavy atom. The van der Waals surface area contributed by atoms with Gasteiger partial charge in [0.1, 0.15) is 5.82 Å². The number of nitrogens with two attached hydrogens (primary N) is 1. The number of rotatable bonds is 4. The van der Waals surface area contributed by atoms with Crippen molar-refractivity contribution in [2.24, 2.45) is 5.92 Å². The van der Waals surface area contributed by atoms with Crippen LogP contribution in [0.15, 0.2) is 17.8 Å². The van der Waals surface area contributed by atoms with Crippen LogP contribution in [0.5, 0.6) is 0 Å². The van der Waals surface area contributed by atoms with E-state index in [1.807, 2.05) is 17.2 Å². The third kappa shape index (κ3) is 4.04. The van der Waals surface area contributed by atoms with Crippen LogP contribution in [-0.2, 0) is 17.6 Å². The minimum atomic E-state index is 0.159. The van der Waals surface area contributed by atoms with Crippen LogP contribution < -0.4 is 5.73 Å². The van der Waals surface area contributed by atoms with E-state index in [0.717, 1.165) is 48.7 Å². The molecule has 0 saturated carbocycles. The van der Waals surface area contributed by atoms with E-state index in [-0.39, 0.29) is 5.91 Å². The van der Waals surface area contributed by atoms with Crippen LogP contribution in [0.2, 0.25) is 0 Å². The van der Waals surface area contributed by atoms with Gasteiger partial charge in [0, 0.05) is 30.9 Å². The van der Waals surface area contributed by atoms with Gasteiger partial charge in [-0.15, -0.1) is 11.3 Å². The summed E-state index contributed by atoms with van der Waals surface area (Å²) in [6.45, 7) is 3.55. The predicted octanol–water partition coefficient (Wildman–Crippen LogP) is 1.85. The van der Waals surface area contributed by atoms with Gasteiger partial charge in [0.05, 0.1) is 22.8 Å². The van der Waals surface area contributed by atoms with Crippen molar-refractivity contribution >= 4 is 23.1 Å². The highest BCUT2D eigenvalue weighted by Crippen LogP contribution is 2.22. The molecule has 1 saturated heterocycles. The zero-order valence-electron chi connectivity index (χ0n) is 13.2. The van der Waals surface area contributed by atoms with E-state index in [9.17, 15) is 4.79 Å². The molecule has 0 spiro atoms. The van der Waals surface area contributed by atoms with Crippen LogP contribution in [-0.4, -0.2) is 38.8 Å². The van der Waals surface area contributed by atoms with Crippen molar-refractivity contribution in [2.75, 3.05) is 18.8 Å². The van der Waals surface area contributed by atoms with Crippen molar-refractivity contribution in [3.63, 3.8) is 0 Å². The van der Waals surface area contributed by atoms with E-state index in [1.54, 1.807) is 23.7 Å². The fourth-order valence-electron chi connectivity index (χ4n) is 3.02. The van der Waals surface area contributed by atoms with E-state index >= 15 is 0 Å². The van der Waals surface area contributed by atoms with E-state index in [0.29, 0.717) is 18.2 Å². The fraction of sp³-hybridized carbons (Fsp3) is 0.500. The van der Waals surface area contributed by atoms with Gasteiger partial charge in [-0.2, -0.15) is 0 Å². The second kappa shape index (κ2) is 7.04. The van der Waals surface area contributed by atoms with Crippen molar-refractivity contribution in [1.29, 1.82) is 0 Å². The molecule has 0 aliphatic carbocycles. The first kappa shape index (κ1) is 15.9. The van der Waals surface area contributed by atoms with Crippen molar-refractivity contribution < 1.29 is 4.79 Å². The molecule has 2 aromatic rings. The Morgan fingerprint density at radius 1 is 1.43 bits per heavy atom. The lowest BCUT2D eigenvalue weighted by molar-refractivity contribution is -0.132.